The van der Waals surface area contributed by atoms with Crippen LogP contribution in [0.1, 0.15) is 17.5 Å². The van der Waals surface area contributed by atoms with Crippen LogP contribution in [0.5, 0.6) is 5.75 Å². The lowest BCUT2D eigenvalue weighted by Crippen LogP contribution is -2.32. The van der Waals surface area contributed by atoms with Gasteiger partial charge in [0.05, 0.1) is 31.3 Å². The Morgan fingerprint density at radius 2 is 2.00 bits per heavy atom. The average Bonchev–Trinajstić information content (AvgIpc) is 2.79. The van der Waals surface area contributed by atoms with Crippen LogP contribution in [0.3, 0.4) is 0 Å². The molecule has 1 aliphatic rings. The fourth-order valence-corrected chi connectivity index (χ4v) is 3.05. The molecule has 0 spiro atoms. The van der Waals surface area contributed by atoms with Crippen molar-refractivity contribution < 1.29 is 23.8 Å². The lowest BCUT2D eigenvalue weighted by Gasteiger charge is -2.23. The number of likely N-dealkylation sites (N-methyl/N-ethyl adjacent to an activating group) is 1. The van der Waals surface area contributed by atoms with Crippen LogP contribution in [0.15, 0.2) is 48.0 Å². The van der Waals surface area contributed by atoms with Crippen LogP contribution in [-0.2, 0) is 16.1 Å². The number of benzene rings is 2. The lowest BCUT2D eigenvalue weighted by molar-refractivity contribution is -0.121. The third-order valence-electron chi connectivity index (χ3n) is 4.46. The van der Waals surface area contributed by atoms with Crippen molar-refractivity contribution in [1.29, 1.82) is 0 Å². The molecule has 140 valence electrons. The first kappa shape index (κ1) is 18.4. The Balaban J connectivity index is 2.08. The summed E-state index contributed by atoms with van der Waals surface area (Å²) in [5.41, 5.74) is 0.982. The highest BCUT2D eigenvalue weighted by atomic mass is 19.1. The molecule has 2 N–H and O–H groups in total. The summed E-state index contributed by atoms with van der Waals surface area (Å²) in [7, 11) is 2.79. The normalized spacial score (nSPS) is 13.9. The minimum Gasteiger partial charge on any atom is -0.507 e. The molecule has 0 bridgehead atoms. The Morgan fingerprint density at radius 1 is 1.26 bits per heavy atom. The topological polar surface area (TPSA) is 78.9 Å². The first-order valence-electron chi connectivity index (χ1n) is 8.33. The Kier molecular flexibility index (Phi) is 5.12. The SMILES string of the molecule is CNC(=O)C1=C(O)c2ccccc2N(Cc2cccc(OC)c2F)C(=O)C1. The van der Waals surface area contributed by atoms with Gasteiger partial charge in [0, 0.05) is 18.2 Å². The molecular formula is C20H19FN2O4. The number of hydrogen-bond acceptors (Lipinski definition) is 4. The van der Waals surface area contributed by atoms with Crippen LogP contribution in [0, 0.1) is 5.82 Å². The highest BCUT2D eigenvalue weighted by molar-refractivity contribution is 6.10. The van der Waals surface area contributed by atoms with Gasteiger partial charge in [0.25, 0.3) is 5.91 Å². The molecular weight excluding hydrogens is 351 g/mol. The van der Waals surface area contributed by atoms with Gasteiger partial charge in [-0.3, -0.25) is 9.59 Å². The number of carbonyl (C=O) groups is 2. The smallest absolute Gasteiger partial charge is 0.251 e. The summed E-state index contributed by atoms with van der Waals surface area (Å²) >= 11 is 0. The second-order valence-electron chi connectivity index (χ2n) is 6.01. The average molecular weight is 370 g/mol. The summed E-state index contributed by atoms with van der Waals surface area (Å²) in [6, 6.07) is 11.3. The number of aliphatic hydroxyl groups excluding tert-OH is 1. The Bertz CT molecular complexity index is 939. The van der Waals surface area contributed by atoms with Gasteiger partial charge in [-0.2, -0.15) is 0 Å². The zero-order valence-corrected chi connectivity index (χ0v) is 15.0. The number of ether oxygens (including phenoxy) is 1. The number of halogens is 1. The largest absolute Gasteiger partial charge is 0.507 e. The van der Waals surface area contributed by atoms with Crippen LogP contribution >= 0.6 is 0 Å². The predicted octanol–water partition coefficient (Wildman–Crippen LogP) is 2.79. The van der Waals surface area contributed by atoms with Gasteiger partial charge in [0.2, 0.25) is 5.91 Å². The monoisotopic (exact) mass is 370 g/mol. The van der Waals surface area contributed by atoms with Gasteiger partial charge < -0.3 is 20.1 Å². The van der Waals surface area contributed by atoms with E-state index in [2.05, 4.69) is 5.32 Å². The van der Waals surface area contributed by atoms with E-state index in [9.17, 15) is 19.1 Å². The summed E-state index contributed by atoms with van der Waals surface area (Å²) in [5, 5.41) is 13.0. The summed E-state index contributed by atoms with van der Waals surface area (Å²) in [6.45, 7) is -0.0623. The number of amides is 2. The molecule has 0 unspecified atom stereocenters. The van der Waals surface area contributed by atoms with E-state index in [-0.39, 0.29) is 35.6 Å². The second kappa shape index (κ2) is 7.49. The molecule has 2 aromatic rings. The quantitative estimate of drug-likeness (QED) is 0.868. The Morgan fingerprint density at radius 3 is 2.70 bits per heavy atom. The second-order valence-corrected chi connectivity index (χ2v) is 6.01. The number of nitrogens with zero attached hydrogens (tertiary/aromatic N) is 1. The maximum absolute atomic E-state index is 14.6. The Labute approximate surface area is 155 Å². The van der Waals surface area contributed by atoms with Crippen molar-refractivity contribution in [2.75, 3.05) is 19.1 Å². The van der Waals surface area contributed by atoms with Crippen LogP contribution in [-0.4, -0.2) is 31.1 Å². The predicted molar refractivity (Wildman–Crippen MR) is 98.8 cm³/mol. The highest BCUT2D eigenvalue weighted by Gasteiger charge is 2.30. The lowest BCUT2D eigenvalue weighted by atomic mass is 10.1. The van der Waals surface area contributed by atoms with Gasteiger partial charge in [0.1, 0.15) is 5.76 Å². The van der Waals surface area contributed by atoms with E-state index < -0.39 is 17.6 Å². The van der Waals surface area contributed by atoms with Crippen molar-refractivity contribution in [3.8, 4) is 5.75 Å². The molecule has 1 aliphatic heterocycles. The first-order valence-corrected chi connectivity index (χ1v) is 8.33. The Hall–Kier alpha value is -3.35. The van der Waals surface area contributed by atoms with E-state index in [1.54, 1.807) is 36.4 Å². The zero-order valence-electron chi connectivity index (χ0n) is 15.0. The summed E-state index contributed by atoms with van der Waals surface area (Å²) in [6.07, 6.45) is -0.300. The molecule has 0 fully saturated rings. The number of rotatable bonds is 4. The minimum absolute atomic E-state index is 0.0245. The van der Waals surface area contributed by atoms with Gasteiger partial charge in [-0.25, -0.2) is 4.39 Å². The zero-order chi connectivity index (χ0) is 19.6. The number of hydrogen-bond donors (Lipinski definition) is 2. The number of anilines is 1. The van der Waals surface area contributed by atoms with Gasteiger partial charge in [-0.15, -0.1) is 0 Å². The van der Waals surface area contributed by atoms with Gasteiger partial charge in [-0.05, 0) is 18.2 Å². The molecule has 7 heteroatoms. The van der Waals surface area contributed by atoms with Crippen LogP contribution in [0.2, 0.25) is 0 Å². The number of carbonyl (C=O) groups excluding carboxylic acids is 2. The van der Waals surface area contributed by atoms with E-state index in [4.69, 9.17) is 4.74 Å². The third-order valence-corrected chi connectivity index (χ3v) is 4.46. The number of methoxy groups -OCH3 is 1. The summed E-state index contributed by atoms with van der Waals surface area (Å²) in [5.74, 6) is -1.70. The molecule has 0 saturated heterocycles. The number of para-hydroxylation sites is 1. The van der Waals surface area contributed by atoms with E-state index in [1.807, 2.05) is 0 Å². The molecule has 0 atom stereocenters. The molecule has 3 rings (SSSR count). The minimum atomic E-state index is -0.557. The van der Waals surface area contributed by atoms with E-state index in [1.165, 1.54) is 25.1 Å². The molecule has 27 heavy (non-hydrogen) atoms. The van der Waals surface area contributed by atoms with Crippen molar-refractivity contribution in [3.63, 3.8) is 0 Å². The third kappa shape index (κ3) is 3.36. The van der Waals surface area contributed by atoms with Gasteiger partial charge in [-0.1, -0.05) is 24.3 Å². The molecule has 2 aromatic carbocycles. The van der Waals surface area contributed by atoms with Crippen molar-refractivity contribution >= 4 is 23.3 Å². The van der Waals surface area contributed by atoms with E-state index >= 15 is 0 Å². The molecule has 0 radical (unpaired) electrons. The molecule has 0 saturated carbocycles. The van der Waals surface area contributed by atoms with Crippen LogP contribution < -0.4 is 15.0 Å². The maximum atomic E-state index is 14.6. The fraction of sp³-hybridized carbons (Fsp3) is 0.200. The van der Waals surface area contributed by atoms with Crippen LogP contribution in [0.25, 0.3) is 5.76 Å². The van der Waals surface area contributed by atoms with Gasteiger partial charge >= 0.3 is 0 Å². The van der Waals surface area contributed by atoms with Crippen LogP contribution in [0.4, 0.5) is 10.1 Å². The maximum Gasteiger partial charge on any atom is 0.251 e. The number of fused-ring (bicyclic) bond motifs is 1. The molecule has 0 aliphatic carbocycles. The molecule has 6 nitrogen and oxygen atoms in total. The van der Waals surface area contributed by atoms with Crippen molar-refractivity contribution in [2.24, 2.45) is 0 Å². The first-order chi connectivity index (χ1) is 13.0. The summed E-state index contributed by atoms with van der Waals surface area (Å²) < 4.78 is 19.6. The summed E-state index contributed by atoms with van der Waals surface area (Å²) in [4.78, 5) is 26.3. The highest BCUT2D eigenvalue weighted by Crippen LogP contribution is 2.34. The molecule has 1 heterocycles. The molecule has 0 aromatic heterocycles. The van der Waals surface area contributed by atoms with E-state index in [0.717, 1.165) is 0 Å². The van der Waals surface area contributed by atoms with Crippen molar-refractivity contribution in [3.05, 3.63) is 65.0 Å². The number of aliphatic hydroxyl groups is 1. The molecule has 2 amide bonds. The van der Waals surface area contributed by atoms with E-state index in [0.29, 0.717) is 11.3 Å². The van der Waals surface area contributed by atoms with Crippen molar-refractivity contribution in [1.82, 2.24) is 5.32 Å². The fourth-order valence-electron chi connectivity index (χ4n) is 3.05. The number of nitrogens with one attached hydrogen (secondary N) is 1. The standard InChI is InChI=1S/C20H19FN2O4/c1-22-20(26)14-10-17(24)23(15-8-4-3-7-13(15)19(14)25)11-12-6-5-9-16(27-2)18(12)21/h3-9,25H,10-11H2,1-2H3,(H,22,26). The van der Waals surface area contributed by atoms with Gasteiger partial charge in [0.15, 0.2) is 11.6 Å². The van der Waals surface area contributed by atoms with Crippen molar-refractivity contribution in [2.45, 2.75) is 13.0 Å².